The molecule has 12 aromatic rings. The number of hydrogen-bond donors (Lipinski definition) is 0. The highest BCUT2D eigenvalue weighted by Crippen LogP contribution is 2.45. The van der Waals surface area contributed by atoms with Gasteiger partial charge in [0, 0.05) is 56.3 Å². The monoisotopic (exact) mass is 818 g/mol. The van der Waals surface area contributed by atoms with Gasteiger partial charge < -0.3 is 4.57 Å². The van der Waals surface area contributed by atoms with Gasteiger partial charge in [0.15, 0.2) is 7.14 Å². The first-order valence-corrected chi connectivity index (χ1v) is 23.6. The standard InChI is InChI=1S/C56H35OPS2/c57-58(43-15-3-1-4-16-43,44-17-5-2-6-18-44)45-19-11-14-36(31-45)37-22-26-52-48(32-37)49-33-38(23-27-53(49)59-52)39-24-28-54-50(34-39)51-35-42(25-29-55(51)60-54)56-46-20-9-7-12-40(46)30-41-13-8-10-21-47(41)56/h1-35H. The Balaban J connectivity index is 0.957. The molecule has 0 aliphatic rings. The summed E-state index contributed by atoms with van der Waals surface area (Å²) in [6.45, 7) is 0. The normalized spacial score (nSPS) is 12.1. The molecule has 0 aliphatic carbocycles. The third kappa shape index (κ3) is 5.69. The van der Waals surface area contributed by atoms with E-state index in [0.29, 0.717) is 0 Å². The van der Waals surface area contributed by atoms with Crippen LogP contribution in [0.15, 0.2) is 212 Å². The van der Waals surface area contributed by atoms with Crippen molar-refractivity contribution in [3.63, 3.8) is 0 Å². The summed E-state index contributed by atoms with van der Waals surface area (Å²) in [5, 5.41) is 12.7. The van der Waals surface area contributed by atoms with Crippen LogP contribution in [0.25, 0.3) is 95.3 Å². The van der Waals surface area contributed by atoms with Gasteiger partial charge in [-0.25, -0.2) is 0 Å². The topological polar surface area (TPSA) is 17.1 Å². The predicted molar refractivity (Wildman–Crippen MR) is 263 cm³/mol. The van der Waals surface area contributed by atoms with Crippen LogP contribution in [0.5, 0.6) is 0 Å². The zero-order valence-corrected chi connectivity index (χ0v) is 34.9. The lowest BCUT2D eigenvalue weighted by Crippen LogP contribution is -2.25. The smallest absolute Gasteiger partial charge is 0.171 e. The maximum Gasteiger partial charge on any atom is 0.171 e. The largest absolute Gasteiger partial charge is 0.309 e. The van der Waals surface area contributed by atoms with E-state index in [1.54, 1.807) is 0 Å². The summed E-state index contributed by atoms with van der Waals surface area (Å²) >= 11 is 3.70. The Kier molecular flexibility index (Phi) is 8.25. The van der Waals surface area contributed by atoms with Crippen molar-refractivity contribution in [3.05, 3.63) is 212 Å². The van der Waals surface area contributed by atoms with Crippen LogP contribution >= 0.6 is 29.8 Å². The van der Waals surface area contributed by atoms with Crippen molar-refractivity contribution in [1.29, 1.82) is 0 Å². The van der Waals surface area contributed by atoms with Crippen molar-refractivity contribution >= 4 is 108 Å². The molecule has 4 heteroatoms. The summed E-state index contributed by atoms with van der Waals surface area (Å²) in [7, 11) is -3.10. The Morgan fingerprint density at radius 2 is 0.667 bits per heavy atom. The fraction of sp³-hybridized carbons (Fsp3) is 0. The lowest BCUT2D eigenvalue weighted by molar-refractivity contribution is 0.592. The number of rotatable bonds is 6. The molecule has 1 nitrogen and oxygen atoms in total. The molecule has 0 fully saturated rings. The maximum atomic E-state index is 15.2. The molecule has 2 aromatic heterocycles. The van der Waals surface area contributed by atoms with E-state index in [9.17, 15) is 0 Å². The van der Waals surface area contributed by atoms with Crippen LogP contribution in [0, 0.1) is 0 Å². The van der Waals surface area contributed by atoms with Crippen LogP contribution in [0.4, 0.5) is 0 Å². The van der Waals surface area contributed by atoms with Crippen LogP contribution in [0.3, 0.4) is 0 Å². The zero-order chi connectivity index (χ0) is 39.8. The average Bonchev–Trinajstić information content (AvgIpc) is 3.88. The van der Waals surface area contributed by atoms with Crippen molar-refractivity contribution in [2.45, 2.75) is 0 Å². The average molecular weight is 819 g/mol. The molecule has 0 saturated heterocycles. The molecule has 0 N–H and O–H groups in total. The summed E-state index contributed by atoms with van der Waals surface area (Å²) in [5.41, 5.74) is 7.13. The van der Waals surface area contributed by atoms with E-state index >= 15 is 4.57 Å². The van der Waals surface area contributed by atoms with Gasteiger partial charge in [-0.2, -0.15) is 0 Å². The fourth-order valence-corrected chi connectivity index (χ4v) is 14.0. The minimum absolute atomic E-state index is 0.837. The van der Waals surface area contributed by atoms with Crippen molar-refractivity contribution in [2.75, 3.05) is 0 Å². The predicted octanol–water partition coefficient (Wildman–Crippen LogP) is 15.4. The van der Waals surface area contributed by atoms with Gasteiger partial charge in [-0.05, 0) is 116 Å². The van der Waals surface area contributed by atoms with Gasteiger partial charge in [0.1, 0.15) is 0 Å². The Bertz CT molecular complexity index is 3600. The maximum absolute atomic E-state index is 15.2. The summed E-state index contributed by atoms with van der Waals surface area (Å²) in [6.07, 6.45) is 0. The first-order valence-electron chi connectivity index (χ1n) is 20.2. The highest BCUT2D eigenvalue weighted by molar-refractivity contribution is 7.85. The SMILES string of the molecule is O=P(c1ccccc1)(c1ccccc1)c1cccc(-c2ccc3sc4ccc(-c5ccc6sc7ccc(-c8c9ccccc9cc9ccccc89)cc7c6c5)cc4c3c2)c1. The Labute approximate surface area is 355 Å². The van der Waals surface area contributed by atoms with E-state index in [4.69, 9.17) is 0 Å². The van der Waals surface area contributed by atoms with E-state index in [2.05, 4.69) is 146 Å². The molecule has 0 amide bonds. The number of fused-ring (bicyclic) bond motifs is 8. The molecule has 0 bridgehead atoms. The highest BCUT2D eigenvalue weighted by Gasteiger charge is 2.30. The molecule has 0 atom stereocenters. The minimum Gasteiger partial charge on any atom is -0.309 e. The third-order valence-corrected chi connectivity index (χ3v) is 17.5. The Morgan fingerprint density at radius 1 is 0.283 bits per heavy atom. The Hall–Kier alpha value is -6.61. The van der Waals surface area contributed by atoms with E-state index in [0.717, 1.165) is 27.0 Å². The number of thiophene rings is 2. The number of hydrogen-bond acceptors (Lipinski definition) is 3. The van der Waals surface area contributed by atoms with Gasteiger partial charge in [0.2, 0.25) is 0 Å². The summed E-state index contributed by atoms with van der Waals surface area (Å²) in [4.78, 5) is 0. The van der Waals surface area contributed by atoms with Gasteiger partial charge in [-0.15, -0.1) is 22.7 Å². The lowest BCUT2D eigenvalue weighted by atomic mass is 9.91. The van der Waals surface area contributed by atoms with E-state index in [-0.39, 0.29) is 0 Å². The van der Waals surface area contributed by atoms with Crippen LogP contribution in [0.2, 0.25) is 0 Å². The quantitative estimate of drug-likeness (QED) is 0.121. The first-order chi connectivity index (χ1) is 29.6. The molecule has 0 aliphatic heterocycles. The molecule has 60 heavy (non-hydrogen) atoms. The van der Waals surface area contributed by atoms with Crippen molar-refractivity contribution in [2.24, 2.45) is 0 Å². The van der Waals surface area contributed by atoms with Gasteiger partial charge in [0.25, 0.3) is 0 Å². The molecule has 10 aromatic carbocycles. The summed E-state index contributed by atoms with van der Waals surface area (Å²) in [6, 6.07) is 75.7. The fourth-order valence-electron chi connectivity index (χ4n) is 9.18. The highest BCUT2D eigenvalue weighted by atomic mass is 32.1. The molecule has 282 valence electrons. The molecule has 0 radical (unpaired) electrons. The lowest BCUT2D eigenvalue weighted by Gasteiger charge is -2.20. The molecule has 0 spiro atoms. The summed E-state index contributed by atoms with van der Waals surface area (Å²) in [5.74, 6) is 0. The molecular formula is C56H35OPS2. The van der Waals surface area contributed by atoms with Crippen LogP contribution in [-0.2, 0) is 4.57 Å². The molecule has 0 unspecified atom stereocenters. The second-order valence-electron chi connectivity index (χ2n) is 15.6. The first kappa shape index (κ1) is 35.3. The molecule has 2 heterocycles. The van der Waals surface area contributed by atoms with Crippen LogP contribution in [0.1, 0.15) is 0 Å². The molecular weight excluding hydrogens is 784 g/mol. The zero-order valence-electron chi connectivity index (χ0n) is 32.4. The van der Waals surface area contributed by atoms with Crippen LogP contribution < -0.4 is 15.9 Å². The van der Waals surface area contributed by atoms with Gasteiger partial charge in [-0.1, -0.05) is 152 Å². The van der Waals surface area contributed by atoms with Gasteiger partial charge in [-0.3, -0.25) is 0 Å². The second kappa shape index (κ2) is 14.0. The number of benzene rings is 10. The van der Waals surface area contributed by atoms with Gasteiger partial charge >= 0.3 is 0 Å². The van der Waals surface area contributed by atoms with E-state index in [1.807, 2.05) is 89.4 Å². The summed E-state index contributed by atoms with van der Waals surface area (Å²) < 4.78 is 20.4. The third-order valence-electron chi connectivity index (χ3n) is 12.1. The van der Waals surface area contributed by atoms with Crippen molar-refractivity contribution in [3.8, 4) is 33.4 Å². The molecule has 0 saturated carbocycles. The minimum atomic E-state index is -3.10. The van der Waals surface area contributed by atoms with Gasteiger partial charge in [0.05, 0.1) is 0 Å². The molecule has 12 rings (SSSR count). The second-order valence-corrected chi connectivity index (χ2v) is 20.5. The van der Waals surface area contributed by atoms with Crippen molar-refractivity contribution < 1.29 is 4.57 Å². The van der Waals surface area contributed by atoms with Crippen molar-refractivity contribution in [1.82, 2.24) is 0 Å². The van der Waals surface area contributed by atoms with E-state index in [1.165, 1.54) is 84.1 Å². The van der Waals surface area contributed by atoms with Crippen LogP contribution in [-0.4, -0.2) is 0 Å². The Morgan fingerprint density at radius 3 is 1.15 bits per heavy atom. The van der Waals surface area contributed by atoms with E-state index < -0.39 is 7.14 Å².